The number of rotatable bonds is 10. The van der Waals surface area contributed by atoms with Gasteiger partial charge in [-0.3, -0.25) is 0 Å². The smallest absolute Gasteiger partial charge is 0.230 e. The zero-order chi connectivity index (χ0) is 25.0. The topological polar surface area (TPSA) is 18.5 Å². The van der Waals surface area contributed by atoms with Gasteiger partial charge in [-0.25, -0.2) is 0 Å². The molecule has 0 unspecified atom stereocenters. The number of ether oxygens (including phenoxy) is 2. The van der Waals surface area contributed by atoms with Crippen molar-refractivity contribution >= 4 is 0 Å². The molecule has 0 fully saturated rings. The molecule has 2 aromatic carbocycles. The van der Waals surface area contributed by atoms with Crippen LogP contribution in [0.1, 0.15) is 152 Å². The molecule has 184 valence electrons. The highest BCUT2D eigenvalue weighted by Gasteiger charge is 2.21. The van der Waals surface area contributed by atoms with Crippen LogP contribution in [0.3, 0.4) is 0 Å². The van der Waals surface area contributed by atoms with E-state index in [4.69, 9.17) is 9.47 Å². The lowest BCUT2D eigenvalue weighted by molar-refractivity contribution is 0.114. The zero-order valence-electron chi connectivity index (χ0n) is 23.3. The van der Waals surface area contributed by atoms with Crippen molar-refractivity contribution < 1.29 is 9.47 Å². The highest BCUT2D eigenvalue weighted by molar-refractivity contribution is 5.50. The Labute approximate surface area is 204 Å². The Kier molecular flexibility index (Phi) is 9.47. The number of hydrogen-bond acceptors (Lipinski definition) is 2. The predicted octanol–water partition coefficient (Wildman–Crippen LogP) is 9.84. The van der Waals surface area contributed by atoms with Crippen molar-refractivity contribution in [2.45, 2.75) is 119 Å². The Morgan fingerprint density at radius 3 is 0.848 bits per heavy atom. The first kappa shape index (κ1) is 27.3. The number of hydrogen-bond donors (Lipinski definition) is 0. The first-order valence-corrected chi connectivity index (χ1v) is 13.0. The third-order valence-corrected chi connectivity index (χ3v) is 6.57. The Morgan fingerprint density at radius 1 is 0.424 bits per heavy atom. The van der Waals surface area contributed by atoms with Crippen LogP contribution in [0, 0.1) is 0 Å². The van der Waals surface area contributed by atoms with Crippen molar-refractivity contribution in [1.82, 2.24) is 0 Å². The van der Waals surface area contributed by atoms with E-state index in [9.17, 15) is 0 Å². The van der Waals surface area contributed by atoms with Crippen molar-refractivity contribution in [2.75, 3.05) is 6.79 Å². The first-order valence-electron chi connectivity index (χ1n) is 13.0. The second kappa shape index (κ2) is 11.4. The Hall–Kier alpha value is -1.96. The van der Waals surface area contributed by atoms with Crippen molar-refractivity contribution in [3.63, 3.8) is 0 Å². The molecule has 2 heteroatoms. The molecule has 0 aliphatic carbocycles. The van der Waals surface area contributed by atoms with Gasteiger partial charge < -0.3 is 9.47 Å². The molecule has 0 radical (unpaired) electrons. The predicted molar refractivity (Wildman–Crippen MR) is 144 cm³/mol. The van der Waals surface area contributed by atoms with Crippen LogP contribution >= 0.6 is 0 Å². The summed E-state index contributed by atoms with van der Waals surface area (Å²) in [6, 6.07) is 9.31. The van der Waals surface area contributed by atoms with Gasteiger partial charge in [0.05, 0.1) is 0 Å². The Balaban J connectivity index is 2.46. The molecular weight excluding hydrogens is 404 g/mol. The molecule has 0 spiro atoms. The monoisotopic (exact) mass is 452 g/mol. The molecule has 0 N–H and O–H groups in total. The molecule has 0 saturated heterocycles. The maximum atomic E-state index is 6.45. The van der Waals surface area contributed by atoms with E-state index >= 15 is 0 Å². The zero-order valence-corrected chi connectivity index (χ0v) is 23.3. The van der Waals surface area contributed by atoms with Crippen LogP contribution in [-0.4, -0.2) is 6.79 Å². The van der Waals surface area contributed by atoms with E-state index in [-0.39, 0.29) is 6.79 Å². The van der Waals surface area contributed by atoms with Crippen molar-refractivity contribution in [1.29, 1.82) is 0 Å². The summed E-state index contributed by atoms with van der Waals surface area (Å²) in [5, 5.41) is 0. The molecule has 2 aromatic rings. The summed E-state index contributed by atoms with van der Waals surface area (Å²) in [4.78, 5) is 0. The molecule has 0 aliphatic rings. The molecule has 0 amide bonds. The lowest BCUT2D eigenvalue weighted by Crippen LogP contribution is -2.14. The van der Waals surface area contributed by atoms with E-state index < -0.39 is 0 Å². The minimum absolute atomic E-state index is 0.223. The summed E-state index contributed by atoms with van der Waals surface area (Å²) < 4.78 is 12.9. The minimum atomic E-state index is 0.223. The van der Waals surface area contributed by atoms with Crippen molar-refractivity contribution in [3.05, 3.63) is 57.6 Å². The van der Waals surface area contributed by atoms with Crippen LogP contribution in [0.25, 0.3) is 0 Å². The average Bonchev–Trinajstić information content (AvgIpc) is 2.72. The maximum Gasteiger partial charge on any atom is 0.230 e. The van der Waals surface area contributed by atoms with Gasteiger partial charge in [0.15, 0.2) is 0 Å². The summed E-state index contributed by atoms with van der Waals surface area (Å²) in [6.07, 6.45) is 0. The molecule has 0 atom stereocenters. The molecule has 33 heavy (non-hydrogen) atoms. The van der Waals surface area contributed by atoms with Crippen LogP contribution in [0.4, 0.5) is 0 Å². The molecule has 0 bridgehead atoms. The van der Waals surface area contributed by atoms with Crippen LogP contribution in [0.2, 0.25) is 0 Å². The molecule has 0 heterocycles. The van der Waals surface area contributed by atoms with Gasteiger partial charge in [-0.2, -0.15) is 0 Å². The quantitative estimate of drug-likeness (QED) is 0.334. The summed E-state index contributed by atoms with van der Waals surface area (Å²) >= 11 is 0. The average molecular weight is 453 g/mol. The molecular formula is C31H48O2. The SMILES string of the molecule is CC(C)c1cc(C(C)C)c(OCOc2c(C(C)C)cc(C(C)C)cc2C(C)C)c(C(C)C)c1. The lowest BCUT2D eigenvalue weighted by atomic mass is 9.88. The number of benzene rings is 2. The maximum absolute atomic E-state index is 6.45. The normalized spacial score (nSPS) is 12.2. The Morgan fingerprint density at radius 2 is 0.667 bits per heavy atom. The first-order chi connectivity index (χ1) is 15.3. The van der Waals surface area contributed by atoms with Crippen molar-refractivity contribution in [3.8, 4) is 11.5 Å². The minimum Gasteiger partial charge on any atom is -0.457 e. The van der Waals surface area contributed by atoms with Gasteiger partial charge in [-0.1, -0.05) is 107 Å². The third-order valence-electron chi connectivity index (χ3n) is 6.57. The molecule has 0 aliphatic heterocycles. The summed E-state index contributed by atoms with van der Waals surface area (Å²) in [7, 11) is 0. The Bertz CT molecular complexity index is 783. The van der Waals surface area contributed by atoms with Gasteiger partial charge in [-0.15, -0.1) is 0 Å². The fourth-order valence-electron chi connectivity index (χ4n) is 4.26. The van der Waals surface area contributed by atoms with Gasteiger partial charge in [-0.05, 0) is 68.9 Å². The second-order valence-electron chi connectivity index (χ2n) is 11.4. The van der Waals surface area contributed by atoms with Crippen LogP contribution in [0.5, 0.6) is 11.5 Å². The summed E-state index contributed by atoms with van der Waals surface area (Å²) in [5.74, 6) is 4.54. The van der Waals surface area contributed by atoms with Gasteiger partial charge in [0.2, 0.25) is 6.79 Å². The molecule has 0 saturated carbocycles. The van der Waals surface area contributed by atoms with Gasteiger partial charge >= 0.3 is 0 Å². The van der Waals surface area contributed by atoms with Crippen molar-refractivity contribution in [2.24, 2.45) is 0 Å². The van der Waals surface area contributed by atoms with E-state index in [2.05, 4.69) is 107 Å². The lowest BCUT2D eigenvalue weighted by Gasteiger charge is -2.25. The largest absolute Gasteiger partial charge is 0.457 e. The standard InChI is InChI=1S/C31H48O2/c1-18(2)24-13-26(20(5)6)30(27(14-24)21(7)8)32-17-33-31-28(22(9)10)15-25(19(3)4)16-29(31)23(11)12/h13-16,18-23H,17H2,1-12H3. The van der Waals surface area contributed by atoms with E-state index in [1.54, 1.807) is 0 Å². The molecule has 2 rings (SSSR count). The third kappa shape index (κ3) is 6.55. The second-order valence-corrected chi connectivity index (χ2v) is 11.4. The fourth-order valence-corrected chi connectivity index (χ4v) is 4.26. The summed E-state index contributed by atoms with van der Waals surface area (Å²) in [6.45, 7) is 27.2. The molecule has 2 nitrogen and oxygen atoms in total. The summed E-state index contributed by atoms with van der Waals surface area (Å²) in [5.41, 5.74) is 7.86. The van der Waals surface area contributed by atoms with E-state index in [1.807, 2.05) is 0 Å². The van der Waals surface area contributed by atoms with Crippen LogP contribution in [-0.2, 0) is 0 Å². The van der Waals surface area contributed by atoms with E-state index in [0.717, 1.165) is 11.5 Å². The van der Waals surface area contributed by atoms with E-state index in [0.29, 0.717) is 35.5 Å². The van der Waals surface area contributed by atoms with Gasteiger partial charge in [0, 0.05) is 0 Å². The van der Waals surface area contributed by atoms with Gasteiger partial charge in [0.1, 0.15) is 11.5 Å². The highest BCUT2D eigenvalue weighted by atomic mass is 16.7. The van der Waals surface area contributed by atoms with Crippen LogP contribution in [0.15, 0.2) is 24.3 Å². The van der Waals surface area contributed by atoms with Gasteiger partial charge in [0.25, 0.3) is 0 Å². The fraction of sp³-hybridized carbons (Fsp3) is 0.613. The van der Waals surface area contributed by atoms with Crippen LogP contribution < -0.4 is 9.47 Å². The molecule has 0 aromatic heterocycles. The van der Waals surface area contributed by atoms with E-state index in [1.165, 1.54) is 33.4 Å². The highest BCUT2D eigenvalue weighted by Crippen LogP contribution is 2.40.